The molecule has 0 amide bonds. The fourth-order valence-electron chi connectivity index (χ4n) is 1.30. The number of nitrogens with zero attached hydrogens (tertiary/aromatic N) is 2. The Morgan fingerprint density at radius 2 is 2.13 bits per heavy atom. The van der Waals surface area contributed by atoms with Crippen molar-refractivity contribution in [3.63, 3.8) is 0 Å². The molecular weight excluding hydrogens is 196 g/mol. The van der Waals surface area contributed by atoms with Crippen molar-refractivity contribution in [3.8, 4) is 0 Å². The lowest BCUT2D eigenvalue weighted by molar-refractivity contribution is 0.132. The van der Waals surface area contributed by atoms with Crippen molar-refractivity contribution in [2.75, 3.05) is 24.3 Å². The molecule has 6 nitrogen and oxygen atoms in total. The third kappa shape index (κ3) is 2.40. The number of aryl methyl sites for hydroxylation is 1. The molecule has 1 aromatic rings. The number of rotatable bonds is 5. The van der Waals surface area contributed by atoms with Crippen molar-refractivity contribution in [3.05, 3.63) is 6.20 Å². The second kappa shape index (κ2) is 4.50. The fraction of sp³-hybridized carbons (Fsp3) is 0.667. The molecule has 0 atom stereocenters. The van der Waals surface area contributed by atoms with Crippen LogP contribution in [-0.4, -0.2) is 38.7 Å². The fourth-order valence-corrected chi connectivity index (χ4v) is 1.30. The summed E-state index contributed by atoms with van der Waals surface area (Å²) in [5, 5.41) is 25.5. The first kappa shape index (κ1) is 11.8. The van der Waals surface area contributed by atoms with Gasteiger partial charge in [0.2, 0.25) is 0 Å². The third-order valence-corrected chi connectivity index (χ3v) is 2.52. The van der Waals surface area contributed by atoms with Crippen molar-refractivity contribution in [1.82, 2.24) is 9.78 Å². The number of anilines is 2. The Hall–Kier alpha value is -1.27. The molecular formula is C9H18N4O2. The second-order valence-electron chi connectivity index (χ2n) is 3.68. The first-order valence-corrected chi connectivity index (χ1v) is 4.86. The van der Waals surface area contributed by atoms with E-state index >= 15 is 0 Å². The van der Waals surface area contributed by atoms with E-state index in [0.29, 0.717) is 17.9 Å². The third-order valence-electron chi connectivity index (χ3n) is 2.52. The highest BCUT2D eigenvalue weighted by Crippen LogP contribution is 2.21. The SMILES string of the molecule is CCC(CO)(CO)Nc1nn(C)cc1N. The summed E-state index contributed by atoms with van der Waals surface area (Å²) in [6.07, 6.45) is 2.24. The van der Waals surface area contributed by atoms with E-state index in [-0.39, 0.29) is 13.2 Å². The van der Waals surface area contributed by atoms with Crippen LogP contribution in [0, 0.1) is 0 Å². The predicted octanol–water partition coefficient (Wildman–Crippen LogP) is -0.452. The van der Waals surface area contributed by atoms with Gasteiger partial charge in [0, 0.05) is 13.2 Å². The first-order chi connectivity index (χ1) is 7.06. The zero-order valence-electron chi connectivity index (χ0n) is 9.06. The molecule has 0 aromatic carbocycles. The number of nitrogens with two attached hydrogens (primary N) is 1. The Balaban J connectivity index is 2.87. The minimum Gasteiger partial charge on any atom is -0.394 e. The van der Waals surface area contributed by atoms with Gasteiger partial charge in [-0.3, -0.25) is 4.68 Å². The highest BCUT2D eigenvalue weighted by Gasteiger charge is 2.27. The van der Waals surface area contributed by atoms with E-state index in [9.17, 15) is 10.2 Å². The molecule has 0 spiro atoms. The standard InChI is InChI=1S/C9H18N4O2/c1-3-9(5-14,6-15)11-8-7(10)4-13(2)12-8/h4,14-15H,3,5-6,10H2,1-2H3,(H,11,12). The Morgan fingerprint density at radius 3 is 2.47 bits per heavy atom. The lowest BCUT2D eigenvalue weighted by atomic mass is 9.98. The lowest BCUT2D eigenvalue weighted by Crippen LogP contribution is -2.45. The summed E-state index contributed by atoms with van der Waals surface area (Å²) < 4.78 is 1.58. The van der Waals surface area contributed by atoms with Crippen LogP contribution in [0.5, 0.6) is 0 Å². The van der Waals surface area contributed by atoms with E-state index < -0.39 is 5.54 Å². The van der Waals surface area contributed by atoms with Gasteiger partial charge < -0.3 is 21.3 Å². The van der Waals surface area contributed by atoms with E-state index in [1.54, 1.807) is 17.9 Å². The Bertz CT molecular complexity index is 312. The molecule has 0 unspecified atom stereocenters. The lowest BCUT2D eigenvalue weighted by Gasteiger charge is -2.29. The summed E-state index contributed by atoms with van der Waals surface area (Å²) in [5.41, 5.74) is 5.44. The summed E-state index contributed by atoms with van der Waals surface area (Å²) in [6, 6.07) is 0. The van der Waals surface area contributed by atoms with Crippen LogP contribution in [0.25, 0.3) is 0 Å². The number of nitrogens with one attached hydrogen (secondary N) is 1. The molecule has 0 aliphatic rings. The summed E-state index contributed by atoms with van der Waals surface area (Å²) in [5.74, 6) is 0.488. The topological polar surface area (TPSA) is 96.3 Å². The van der Waals surface area contributed by atoms with Gasteiger partial charge in [-0.05, 0) is 6.42 Å². The van der Waals surface area contributed by atoms with E-state index in [0.717, 1.165) is 0 Å². The van der Waals surface area contributed by atoms with Crippen molar-refractivity contribution < 1.29 is 10.2 Å². The van der Waals surface area contributed by atoms with E-state index in [4.69, 9.17) is 5.73 Å². The molecule has 86 valence electrons. The van der Waals surface area contributed by atoms with Crippen molar-refractivity contribution in [1.29, 1.82) is 0 Å². The van der Waals surface area contributed by atoms with Crippen LogP contribution in [0.15, 0.2) is 6.20 Å². The molecule has 15 heavy (non-hydrogen) atoms. The van der Waals surface area contributed by atoms with E-state index in [2.05, 4.69) is 10.4 Å². The Kier molecular flexibility index (Phi) is 3.54. The normalized spacial score (nSPS) is 11.7. The van der Waals surface area contributed by atoms with Crippen LogP contribution in [0.4, 0.5) is 11.5 Å². The highest BCUT2D eigenvalue weighted by atomic mass is 16.3. The van der Waals surface area contributed by atoms with Gasteiger partial charge in [0.05, 0.1) is 24.4 Å². The molecule has 0 saturated heterocycles. The zero-order chi connectivity index (χ0) is 11.5. The van der Waals surface area contributed by atoms with Crippen LogP contribution < -0.4 is 11.1 Å². The van der Waals surface area contributed by atoms with Gasteiger partial charge in [-0.15, -0.1) is 0 Å². The average Bonchev–Trinajstić information content (AvgIpc) is 2.54. The molecule has 0 aliphatic carbocycles. The van der Waals surface area contributed by atoms with Crippen LogP contribution in [0.2, 0.25) is 0 Å². The number of aliphatic hydroxyl groups excluding tert-OH is 2. The predicted molar refractivity (Wildman–Crippen MR) is 58.4 cm³/mol. The molecule has 6 heteroatoms. The Labute approximate surface area is 88.7 Å². The average molecular weight is 214 g/mol. The zero-order valence-corrected chi connectivity index (χ0v) is 9.06. The number of aliphatic hydroxyl groups is 2. The largest absolute Gasteiger partial charge is 0.394 e. The summed E-state index contributed by atoms with van der Waals surface area (Å²) >= 11 is 0. The summed E-state index contributed by atoms with van der Waals surface area (Å²) in [7, 11) is 1.76. The van der Waals surface area contributed by atoms with Crippen LogP contribution in [0.1, 0.15) is 13.3 Å². The molecule has 0 radical (unpaired) electrons. The smallest absolute Gasteiger partial charge is 0.171 e. The van der Waals surface area contributed by atoms with Gasteiger partial charge in [-0.25, -0.2) is 0 Å². The summed E-state index contributed by atoms with van der Waals surface area (Å²) in [4.78, 5) is 0. The van der Waals surface area contributed by atoms with Gasteiger partial charge >= 0.3 is 0 Å². The molecule has 1 rings (SSSR count). The molecule has 0 saturated carbocycles. The maximum atomic E-state index is 9.24. The number of hydrogen-bond donors (Lipinski definition) is 4. The molecule has 0 aliphatic heterocycles. The number of aromatic nitrogens is 2. The number of nitrogen functional groups attached to an aromatic ring is 1. The molecule has 0 bridgehead atoms. The maximum Gasteiger partial charge on any atom is 0.171 e. The highest BCUT2D eigenvalue weighted by molar-refractivity contribution is 5.61. The molecule has 0 fully saturated rings. The van der Waals surface area contributed by atoms with Crippen LogP contribution >= 0.6 is 0 Å². The van der Waals surface area contributed by atoms with Gasteiger partial charge in [-0.1, -0.05) is 6.92 Å². The Morgan fingerprint density at radius 1 is 1.53 bits per heavy atom. The number of hydrogen-bond acceptors (Lipinski definition) is 5. The minimum absolute atomic E-state index is 0.171. The minimum atomic E-state index is -0.761. The van der Waals surface area contributed by atoms with Gasteiger partial charge in [0.25, 0.3) is 0 Å². The van der Waals surface area contributed by atoms with Gasteiger partial charge in [0.1, 0.15) is 0 Å². The monoisotopic (exact) mass is 214 g/mol. The van der Waals surface area contributed by atoms with Gasteiger partial charge in [0.15, 0.2) is 5.82 Å². The van der Waals surface area contributed by atoms with E-state index in [1.165, 1.54) is 0 Å². The van der Waals surface area contributed by atoms with Crippen molar-refractivity contribution in [2.24, 2.45) is 7.05 Å². The molecule has 1 heterocycles. The second-order valence-corrected chi connectivity index (χ2v) is 3.68. The van der Waals surface area contributed by atoms with Gasteiger partial charge in [-0.2, -0.15) is 5.10 Å². The summed E-state index contributed by atoms with van der Waals surface area (Å²) in [6.45, 7) is 1.53. The van der Waals surface area contributed by atoms with Crippen LogP contribution in [0.3, 0.4) is 0 Å². The maximum absolute atomic E-state index is 9.24. The molecule has 5 N–H and O–H groups in total. The van der Waals surface area contributed by atoms with Crippen LogP contribution in [-0.2, 0) is 7.05 Å². The van der Waals surface area contributed by atoms with E-state index in [1.807, 2.05) is 6.92 Å². The quantitative estimate of drug-likeness (QED) is 0.532. The van der Waals surface area contributed by atoms with Crippen molar-refractivity contribution in [2.45, 2.75) is 18.9 Å². The van der Waals surface area contributed by atoms with Crippen molar-refractivity contribution >= 4 is 11.5 Å². The molecule has 1 aromatic heterocycles. The first-order valence-electron chi connectivity index (χ1n) is 4.86.